The van der Waals surface area contributed by atoms with Gasteiger partial charge in [-0.1, -0.05) is 149 Å². The summed E-state index contributed by atoms with van der Waals surface area (Å²) in [4.78, 5) is 9.51. The smallest absolute Gasteiger partial charge is 0.121 e. The van der Waals surface area contributed by atoms with E-state index in [0.29, 0.717) is 5.92 Å². The van der Waals surface area contributed by atoms with Gasteiger partial charge in [-0.3, -0.25) is 0 Å². The summed E-state index contributed by atoms with van der Waals surface area (Å²) in [5.74, 6) is 2.09. The van der Waals surface area contributed by atoms with Crippen molar-refractivity contribution in [2.24, 2.45) is 5.92 Å². The molecule has 289 valence electrons. The van der Waals surface area contributed by atoms with Crippen LogP contribution in [0, 0.1) is 18.1 Å². The molecule has 0 atom stereocenters. The van der Waals surface area contributed by atoms with Crippen molar-refractivity contribution >= 4 is 35.2 Å². The predicted octanol–water partition coefficient (Wildman–Crippen LogP) is 13.7. The zero-order valence-corrected chi connectivity index (χ0v) is 37.0. The monoisotopic (exact) mass is 931 g/mol. The van der Waals surface area contributed by atoms with Crippen LogP contribution in [0.2, 0.25) is 19.6 Å². The zero-order valence-electron chi connectivity index (χ0n) is 33.6. The van der Waals surface area contributed by atoms with Crippen LogP contribution in [0.5, 0.6) is 0 Å². The summed E-state index contributed by atoms with van der Waals surface area (Å²) in [6, 6.07) is 41.2. The number of furan rings is 1. The number of fused-ring (bicyclic) bond motifs is 3. The van der Waals surface area contributed by atoms with Gasteiger partial charge in [0.25, 0.3) is 0 Å². The number of nitrogens with zero attached hydrogens (tertiary/aromatic N) is 2. The Morgan fingerprint density at radius 3 is 2.23 bits per heavy atom. The second-order valence-corrected chi connectivity index (χ2v) is 22.3. The molecular formula is C51H54IrN2OSi-2. The molecule has 3 heterocycles. The van der Waals surface area contributed by atoms with Gasteiger partial charge in [-0.05, 0) is 76.9 Å². The molecule has 0 amide bonds. The largest absolute Gasteiger partial charge is 0.501 e. The number of pyridine rings is 2. The van der Waals surface area contributed by atoms with E-state index in [1.807, 2.05) is 18.3 Å². The van der Waals surface area contributed by atoms with E-state index >= 15 is 0 Å². The molecule has 2 aliphatic rings. The van der Waals surface area contributed by atoms with Crippen LogP contribution in [0.25, 0.3) is 55.6 Å². The summed E-state index contributed by atoms with van der Waals surface area (Å²) in [6.45, 7) is 11.8. The number of hydrogen-bond donors (Lipinski definition) is 0. The van der Waals surface area contributed by atoms with Crippen LogP contribution in [-0.4, -0.2) is 18.0 Å². The van der Waals surface area contributed by atoms with Gasteiger partial charge in [0, 0.05) is 37.9 Å². The Bertz CT molecular complexity index is 2400. The van der Waals surface area contributed by atoms with E-state index in [1.165, 1.54) is 78.8 Å². The first-order chi connectivity index (χ1) is 26.7. The molecule has 5 heteroatoms. The van der Waals surface area contributed by atoms with E-state index in [4.69, 9.17) is 9.40 Å². The third-order valence-electron chi connectivity index (χ3n) is 11.9. The van der Waals surface area contributed by atoms with Crippen molar-refractivity contribution in [2.75, 3.05) is 0 Å². The van der Waals surface area contributed by atoms with Gasteiger partial charge in [-0.2, -0.15) is 0 Å². The number of aromatic nitrogens is 2. The van der Waals surface area contributed by atoms with Crippen molar-refractivity contribution in [1.82, 2.24) is 9.97 Å². The molecule has 3 nitrogen and oxygen atoms in total. The van der Waals surface area contributed by atoms with Crippen LogP contribution in [0.4, 0.5) is 0 Å². The van der Waals surface area contributed by atoms with Gasteiger partial charge < -0.3 is 14.4 Å². The molecule has 2 aliphatic carbocycles. The maximum absolute atomic E-state index is 6.40. The number of hydrogen-bond acceptors (Lipinski definition) is 3. The quantitative estimate of drug-likeness (QED) is 0.113. The average Bonchev–Trinajstić information content (AvgIpc) is 4.00. The summed E-state index contributed by atoms with van der Waals surface area (Å²) in [6.07, 6.45) is 16.1. The van der Waals surface area contributed by atoms with E-state index in [1.54, 1.807) is 0 Å². The van der Waals surface area contributed by atoms with E-state index < -0.39 is 8.07 Å². The molecule has 4 aromatic carbocycles. The minimum atomic E-state index is -1.37. The fourth-order valence-corrected chi connectivity index (χ4v) is 10.6. The maximum atomic E-state index is 6.40. The first-order valence-electron chi connectivity index (χ1n) is 20.6. The molecule has 0 spiro atoms. The molecule has 0 unspecified atom stereocenters. The molecule has 0 saturated heterocycles. The molecule has 0 aliphatic heterocycles. The summed E-state index contributed by atoms with van der Waals surface area (Å²) in [7, 11) is -1.37. The molecule has 1 radical (unpaired) electrons. The van der Waals surface area contributed by atoms with Gasteiger partial charge >= 0.3 is 0 Å². The number of rotatable bonds is 8. The summed E-state index contributed by atoms with van der Waals surface area (Å²) < 4.78 is 6.40. The van der Waals surface area contributed by atoms with Crippen LogP contribution >= 0.6 is 0 Å². The molecule has 9 rings (SSSR count). The topological polar surface area (TPSA) is 38.9 Å². The predicted molar refractivity (Wildman–Crippen MR) is 234 cm³/mol. The van der Waals surface area contributed by atoms with E-state index in [-0.39, 0.29) is 20.1 Å². The van der Waals surface area contributed by atoms with E-state index in [9.17, 15) is 0 Å². The summed E-state index contributed by atoms with van der Waals surface area (Å²) in [5, 5.41) is 3.74. The van der Waals surface area contributed by atoms with Gasteiger partial charge in [0.05, 0.1) is 13.7 Å². The molecule has 2 saturated carbocycles. The van der Waals surface area contributed by atoms with Crippen LogP contribution in [-0.2, 0) is 26.5 Å². The van der Waals surface area contributed by atoms with Crippen molar-refractivity contribution < 1.29 is 24.5 Å². The fraction of sp³-hybridized carbons (Fsp3) is 0.333. The maximum Gasteiger partial charge on any atom is 0.121 e. The van der Waals surface area contributed by atoms with Crippen LogP contribution in [0.15, 0.2) is 114 Å². The third-order valence-corrected chi connectivity index (χ3v) is 13.9. The Labute approximate surface area is 348 Å². The van der Waals surface area contributed by atoms with Crippen LogP contribution in [0.3, 0.4) is 0 Å². The minimum Gasteiger partial charge on any atom is -0.501 e. The second kappa shape index (κ2) is 17.5. The Balaban J connectivity index is 0.000000175. The van der Waals surface area contributed by atoms with Crippen molar-refractivity contribution in [2.45, 2.75) is 103 Å². The Kier molecular flexibility index (Phi) is 12.6. The Hall–Kier alpha value is -4.15. The zero-order chi connectivity index (χ0) is 37.9. The van der Waals surface area contributed by atoms with Gasteiger partial charge in [-0.25, -0.2) is 0 Å². The van der Waals surface area contributed by atoms with E-state index in [0.717, 1.165) is 68.3 Å². The fourth-order valence-electron chi connectivity index (χ4n) is 8.90. The normalized spacial score (nSPS) is 15.0. The molecule has 2 fully saturated rings. The van der Waals surface area contributed by atoms with Gasteiger partial charge in [-0.15, -0.1) is 53.6 Å². The third kappa shape index (κ3) is 8.86. The van der Waals surface area contributed by atoms with E-state index in [2.05, 4.69) is 142 Å². The van der Waals surface area contributed by atoms with Crippen molar-refractivity contribution in [3.05, 3.63) is 138 Å². The summed E-state index contributed by atoms with van der Waals surface area (Å²) in [5.41, 5.74) is 12.6. The Morgan fingerprint density at radius 2 is 1.48 bits per heavy atom. The van der Waals surface area contributed by atoms with Gasteiger partial charge in [0.2, 0.25) is 0 Å². The molecule has 3 aromatic heterocycles. The average molecular weight is 931 g/mol. The van der Waals surface area contributed by atoms with Crippen LogP contribution in [0.1, 0.15) is 93.7 Å². The first-order valence-corrected chi connectivity index (χ1v) is 24.1. The molecule has 0 N–H and O–H groups in total. The first kappa shape index (κ1) is 40.1. The summed E-state index contributed by atoms with van der Waals surface area (Å²) >= 11 is 0. The standard InChI is InChI=1S/C29H24NO.C22H30NSi.Ir/c1-2-9-22(10-3-1)23-13-14-24-25-11-6-12-26(29(25)31-28(24)19-23)27-18-21(15-16-30-27)17-20-7-4-5-8-20;1-16(2)20-14-21(23-15-22(20)24(3,4)5)19-12-8-11-18(13-19)17-9-6-7-10-17;/h1-3,6,9-11,13-16,18-20H,4-5,7-8,17H2;8,11,13-17H,6-7,9-10H2,1-5H3;/q2*-1;. The molecule has 0 bridgehead atoms. The van der Waals surface area contributed by atoms with Gasteiger partial charge in [0.1, 0.15) is 5.58 Å². The Morgan fingerprint density at radius 1 is 0.732 bits per heavy atom. The minimum absolute atomic E-state index is 0. The van der Waals surface area contributed by atoms with Gasteiger partial charge in [0.15, 0.2) is 0 Å². The van der Waals surface area contributed by atoms with Crippen LogP contribution < -0.4 is 5.19 Å². The molecule has 56 heavy (non-hydrogen) atoms. The molecular weight excluding hydrogens is 877 g/mol. The van der Waals surface area contributed by atoms with Crippen molar-refractivity contribution in [3.63, 3.8) is 0 Å². The SMILES string of the molecule is CC(C)c1cc(-c2[c-]ccc(C3CCCC3)c2)ncc1[Si](C)(C)C.[Ir].[c-]1ccc2c(oc3cc(-c4ccccc4)ccc32)c1-c1cc(CC2CCCC2)ccn1. The molecule has 7 aromatic rings. The number of benzene rings is 4. The second-order valence-electron chi connectivity index (χ2n) is 17.3. The van der Waals surface area contributed by atoms with Crippen molar-refractivity contribution in [1.29, 1.82) is 0 Å². The van der Waals surface area contributed by atoms with Crippen molar-refractivity contribution in [3.8, 4) is 33.6 Å².